The largest absolute Gasteiger partial charge is 0.394 e. The molecule has 8 nitrogen and oxygen atoms in total. The molecule has 0 spiro atoms. The highest BCUT2D eigenvalue weighted by Crippen LogP contribution is 2.18. The lowest BCUT2D eigenvalue weighted by Gasteiger charge is -2.19. The second kappa shape index (κ2) is 8.27. The number of aliphatic hydroxyl groups excluding tert-OH is 6. The average Bonchev–Trinajstić information content (AvgIpc) is 2.52. The lowest BCUT2D eigenvalue weighted by molar-refractivity contribution is -0.0474. The van der Waals surface area contributed by atoms with Crippen LogP contribution < -0.4 is 0 Å². The Hall–Kier alpha value is -1.23. The zero-order valence-electron chi connectivity index (χ0n) is 11.1. The predicted octanol–water partition coefficient (Wildman–Crippen LogP) is -2.54. The minimum absolute atomic E-state index is 0.0734. The van der Waals surface area contributed by atoms with E-state index in [1.165, 1.54) is 6.20 Å². The summed E-state index contributed by atoms with van der Waals surface area (Å²) in [4.78, 5) is 7.63. The Kier molecular flexibility index (Phi) is 7.02. The first-order valence-electron chi connectivity index (χ1n) is 6.29. The van der Waals surface area contributed by atoms with Crippen LogP contribution in [0, 0.1) is 0 Å². The molecule has 0 saturated heterocycles. The number of rotatable bonds is 8. The molecule has 6 N–H and O–H groups in total. The molecule has 0 bridgehead atoms. The number of aromatic nitrogens is 2. The molecule has 1 aromatic rings. The maximum atomic E-state index is 13.0. The minimum atomic E-state index is -2.01. The number of halogens is 1. The van der Waals surface area contributed by atoms with Crippen molar-refractivity contribution >= 4 is 0 Å². The van der Waals surface area contributed by atoms with Crippen LogP contribution in [0.5, 0.6) is 0 Å². The van der Waals surface area contributed by atoms with Crippen LogP contribution in [-0.2, 0) is 6.42 Å². The van der Waals surface area contributed by atoms with Gasteiger partial charge in [0.25, 0.3) is 0 Å². The molecule has 0 aliphatic carbocycles. The van der Waals surface area contributed by atoms with Crippen LogP contribution in [0.2, 0.25) is 0 Å². The zero-order chi connectivity index (χ0) is 16.0. The Balaban J connectivity index is 2.69. The summed E-state index contributed by atoms with van der Waals surface area (Å²) in [6.07, 6.45) is -5.83. The molecule has 120 valence electrons. The molecule has 0 saturated carbocycles. The van der Waals surface area contributed by atoms with Gasteiger partial charge >= 0.3 is 0 Å². The van der Waals surface area contributed by atoms with Gasteiger partial charge in [0.1, 0.15) is 18.3 Å². The highest BCUT2D eigenvalue weighted by Gasteiger charge is 2.28. The average molecular weight is 306 g/mol. The van der Waals surface area contributed by atoms with Crippen LogP contribution >= 0.6 is 0 Å². The van der Waals surface area contributed by atoms with Gasteiger partial charge in [0.05, 0.1) is 36.9 Å². The molecule has 0 aromatic carbocycles. The van der Waals surface area contributed by atoms with Gasteiger partial charge in [-0.25, -0.2) is 4.39 Å². The molecule has 1 heterocycles. The van der Waals surface area contributed by atoms with E-state index in [1.54, 1.807) is 0 Å². The number of alkyl halides is 1. The Bertz CT molecular complexity index is 421. The normalized spacial score (nSPS) is 18.8. The van der Waals surface area contributed by atoms with E-state index in [2.05, 4.69) is 9.97 Å². The Morgan fingerprint density at radius 3 is 2.10 bits per heavy atom. The maximum Gasteiger partial charge on any atom is 0.152 e. The van der Waals surface area contributed by atoms with Gasteiger partial charge in [-0.3, -0.25) is 9.97 Å². The molecule has 1 rings (SSSR count). The van der Waals surface area contributed by atoms with Crippen molar-refractivity contribution in [2.45, 2.75) is 37.0 Å². The van der Waals surface area contributed by atoms with Crippen molar-refractivity contribution in [2.24, 2.45) is 0 Å². The summed E-state index contributed by atoms with van der Waals surface area (Å²) in [6, 6.07) is 0. The molecule has 0 aliphatic rings. The Morgan fingerprint density at radius 1 is 0.952 bits per heavy atom. The van der Waals surface area contributed by atoms with Crippen LogP contribution in [0.3, 0.4) is 0 Å². The summed E-state index contributed by atoms with van der Waals surface area (Å²) in [6.45, 7) is -1.54. The summed E-state index contributed by atoms with van der Waals surface area (Å²) in [7, 11) is 0. The molecule has 0 amide bonds. The highest BCUT2D eigenvalue weighted by molar-refractivity contribution is 5.08. The summed E-state index contributed by atoms with van der Waals surface area (Å²) in [5, 5.41) is 55.0. The molecular weight excluding hydrogens is 287 g/mol. The van der Waals surface area contributed by atoms with Crippen molar-refractivity contribution in [3.05, 3.63) is 23.8 Å². The van der Waals surface area contributed by atoms with Gasteiger partial charge in [0.15, 0.2) is 6.17 Å². The fourth-order valence-corrected chi connectivity index (χ4v) is 1.58. The van der Waals surface area contributed by atoms with E-state index in [0.29, 0.717) is 0 Å². The molecule has 1 aromatic heterocycles. The molecule has 9 heteroatoms. The van der Waals surface area contributed by atoms with Gasteiger partial charge in [-0.15, -0.1) is 0 Å². The fourth-order valence-electron chi connectivity index (χ4n) is 1.58. The predicted molar refractivity (Wildman–Crippen MR) is 67.8 cm³/mol. The van der Waals surface area contributed by atoms with E-state index in [0.717, 1.165) is 6.20 Å². The van der Waals surface area contributed by atoms with Gasteiger partial charge in [-0.2, -0.15) is 0 Å². The van der Waals surface area contributed by atoms with Gasteiger partial charge in [0.2, 0.25) is 0 Å². The van der Waals surface area contributed by atoms with Crippen LogP contribution in [-0.4, -0.2) is 78.3 Å². The second-order valence-corrected chi connectivity index (χ2v) is 4.59. The number of nitrogens with zero attached hydrogens (tertiary/aromatic N) is 2. The zero-order valence-corrected chi connectivity index (χ0v) is 11.1. The first-order valence-corrected chi connectivity index (χ1v) is 6.29. The van der Waals surface area contributed by atoms with Crippen molar-refractivity contribution in [3.63, 3.8) is 0 Å². The van der Waals surface area contributed by atoms with Crippen LogP contribution in [0.1, 0.15) is 17.5 Å². The van der Waals surface area contributed by atoms with Gasteiger partial charge in [0, 0.05) is 12.6 Å². The van der Waals surface area contributed by atoms with E-state index >= 15 is 0 Å². The molecule has 0 fully saturated rings. The van der Waals surface area contributed by atoms with Crippen molar-refractivity contribution in [1.82, 2.24) is 9.97 Å². The third kappa shape index (κ3) is 4.92. The van der Waals surface area contributed by atoms with Gasteiger partial charge in [-0.05, 0) is 0 Å². The second-order valence-electron chi connectivity index (χ2n) is 4.59. The van der Waals surface area contributed by atoms with Crippen molar-refractivity contribution < 1.29 is 35.0 Å². The van der Waals surface area contributed by atoms with Crippen molar-refractivity contribution in [2.75, 3.05) is 13.2 Å². The monoisotopic (exact) mass is 306 g/mol. The third-order valence-electron chi connectivity index (χ3n) is 2.95. The molecule has 0 aliphatic heterocycles. The summed E-state index contributed by atoms with van der Waals surface area (Å²) < 4.78 is 13.0. The molecular formula is C12H19FN2O6. The molecule has 5 atom stereocenters. The van der Waals surface area contributed by atoms with Crippen molar-refractivity contribution in [1.29, 1.82) is 0 Å². The highest BCUT2D eigenvalue weighted by atomic mass is 19.1. The van der Waals surface area contributed by atoms with Gasteiger partial charge < -0.3 is 30.6 Å². The SMILES string of the molecule is OC[C@@H](O)[C@@H](O)Cc1cnc([C@@H](O)[C@H](O)[C@H](F)CO)cn1. The third-order valence-corrected chi connectivity index (χ3v) is 2.95. The van der Waals surface area contributed by atoms with Crippen LogP contribution in [0.4, 0.5) is 4.39 Å². The van der Waals surface area contributed by atoms with E-state index in [4.69, 9.17) is 10.2 Å². The van der Waals surface area contributed by atoms with Gasteiger partial charge in [-0.1, -0.05) is 0 Å². The smallest absolute Gasteiger partial charge is 0.152 e. The van der Waals surface area contributed by atoms with Crippen molar-refractivity contribution in [3.8, 4) is 0 Å². The summed E-state index contributed by atoms with van der Waals surface area (Å²) in [5.41, 5.74) is 0.180. The first kappa shape index (κ1) is 17.8. The first-order chi connectivity index (χ1) is 9.90. The number of hydrogen-bond acceptors (Lipinski definition) is 8. The van der Waals surface area contributed by atoms with E-state index < -0.39 is 43.8 Å². The standard InChI is InChI=1S/C12H19FN2O6/c13-7(4-16)11(20)12(21)8-3-14-6(2-15-8)1-9(18)10(19)5-17/h2-3,7,9-12,16-21H,1,4-5H2/t7-,9+,10-,11-,12-/m1/s1. The molecule has 0 unspecified atom stereocenters. The topological polar surface area (TPSA) is 147 Å². The van der Waals surface area contributed by atoms with E-state index in [9.17, 15) is 24.8 Å². The molecule has 21 heavy (non-hydrogen) atoms. The lowest BCUT2D eigenvalue weighted by atomic mass is 10.1. The Labute approximate surface area is 120 Å². The summed E-state index contributed by atoms with van der Waals surface area (Å²) in [5.74, 6) is 0. The lowest BCUT2D eigenvalue weighted by Crippen LogP contribution is -2.32. The fraction of sp³-hybridized carbons (Fsp3) is 0.667. The molecule has 0 radical (unpaired) electrons. The van der Waals surface area contributed by atoms with Crippen LogP contribution in [0.15, 0.2) is 12.4 Å². The number of aliphatic hydroxyl groups is 6. The minimum Gasteiger partial charge on any atom is -0.394 e. The van der Waals surface area contributed by atoms with E-state index in [-0.39, 0.29) is 17.8 Å². The summed E-state index contributed by atoms with van der Waals surface area (Å²) >= 11 is 0. The number of hydrogen-bond donors (Lipinski definition) is 6. The van der Waals surface area contributed by atoms with E-state index in [1.807, 2.05) is 0 Å². The van der Waals surface area contributed by atoms with Crippen LogP contribution in [0.25, 0.3) is 0 Å². The maximum absolute atomic E-state index is 13.0. The quantitative estimate of drug-likeness (QED) is 0.308. The Morgan fingerprint density at radius 2 is 1.62 bits per heavy atom.